The summed E-state index contributed by atoms with van der Waals surface area (Å²) < 4.78 is 1.11. The van der Waals surface area contributed by atoms with E-state index in [9.17, 15) is 0 Å². The molecule has 0 saturated heterocycles. The van der Waals surface area contributed by atoms with Gasteiger partial charge in [0, 0.05) is 16.3 Å². The Balaban J connectivity index is 2.95. The lowest BCUT2D eigenvalue weighted by molar-refractivity contribution is 1.00. The summed E-state index contributed by atoms with van der Waals surface area (Å²) >= 11 is 1.61. The Morgan fingerprint density at radius 1 is 1.58 bits per heavy atom. The zero-order chi connectivity index (χ0) is 8.55. The molecular formula is C9H6N2S. The van der Waals surface area contributed by atoms with E-state index in [1.54, 1.807) is 17.5 Å². The van der Waals surface area contributed by atoms with Crippen LogP contribution in [0, 0.1) is 19.3 Å². The predicted molar refractivity (Wildman–Crippen MR) is 50.1 cm³/mol. The molecule has 3 heteroatoms. The zero-order valence-corrected chi connectivity index (χ0v) is 7.35. The molecule has 12 heavy (non-hydrogen) atoms. The summed E-state index contributed by atoms with van der Waals surface area (Å²) in [6.45, 7) is 1.92. The first kappa shape index (κ1) is 7.26. The number of terminal acetylenes is 1. The number of aryl methyl sites for hydroxylation is 1. The molecule has 0 aliphatic rings. The highest BCUT2D eigenvalue weighted by atomic mass is 32.1. The van der Waals surface area contributed by atoms with Gasteiger partial charge in [-0.3, -0.25) is 0 Å². The van der Waals surface area contributed by atoms with Crippen LogP contribution in [0.2, 0.25) is 0 Å². The summed E-state index contributed by atoms with van der Waals surface area (Å²) in [7, 11) is 0. The first-order chi connectivity index (χ1) is 5.83. The van der Waals surface area contributed by atoms with E-state index in [2.05, 4.69) is 16.1 Å². The molecule has 2 nitrogen and oxygen atoms in total. The topological polar surface area (TPSA) is 25.8 Å². The lowest BCUT2D eigenvalue weighted by Crippen LogP contribution is -1.85. The van der Waals surface area contributed by atoms with Crippen molar-refractivity contribution in [1.29, 1.82) is 0 Å². The second-order valence-corrected chi connectivity index (χ2v) is 3.37. The highest BCUT2D eigenvalue weighted by molar-refractivity contribution is 7.17. The van der Waals surface area contributed by atoms with Gasteiger partial charge in [0.2, 0.25) is 0 Å². The van der Waals surface area contributed by atoms with Gasteiger partial charge >= 0.3 is 0 Å². The summed E-state index contributed by atoms with van der Waals surface area (Å²) in [5, 5.41) is 10.8. The Morgan fingerprint density at radius 2 is 2.42 bits per heavy atom. The number of thiophene rings is 1. The fourth-order valence-electron chi connectivity index (χ4n) is 1.17. The average molecular weight is 174 g/mol. The molecule has 0 fully saturated rings. The number of nitrogens with zero attached hydrogens (tertiary/aromatic N) is 2. The lowest BCUT2D eigenvalue weighted by atomic mass is 10.2. The molecule has 0 amide bonds. The van der Waals surface area contributed by atoms with Crippen LogP contribution in [0.25, 0.3) is 10.1 Å². The quantitative estimate of drug-likeness (QED) is 0.571. The van der Waals surface area contributed by atoms with Gasteiger partial charge in [0.1, 0.15) is 0 Å². The fourth-order valence-corrected chi connectivity index (χ4v) is 2.08. The fraction of sp³-hybridized carbons (Fsp3) is 0.111. The predicted octanol–water partition coefficient (Wildman–Crippen LogP) is 1.98. The highest BCUT2D eigenvalue weighted by Crippen LogP contribution is 2.25. The molecule has 58 valence electrons. The molecule has 0 atom stereocenters. The van der Waals surface area contributed by atoms with Gasteiger partial charge in [0.25, 0.3) is 0 Å². The van der Waals surface area contributed by atoms with Crippen LogP contribution in [0.5, 0.6) is 0 Å². The third-order valence-electron chi connectivity index (χ3n) is 1.72. The second-order valence-electron chi connectivity index (χ2n) is 2.46. The van der Waals surface area contributed by atoms with Crippen LogP contribution in [0.1, 0.15) is 11.3 Å². The molecule has 0 aliphatic heterocycles. The van der Waals surface area contributed by atoms with Crippen LogP contribution >= 0.6 is 11.3 Å². The van der Waals surface area contributed by atoms with Crippen molar-refractivity contribution in [1.82, 2.24) is 10.2 Å². The summed E-state index contributed by atoms with van der Waals surface area (Å²) in [6, 6.07) is 0. The molecule has 0 bridgehead atoms. The van der Waals surface area contributed by atoms with Gasteiger partial charge in [0.05, 0.1) is 16.6 Å². The van der Waals surface area contributed by atoms with E-state index in [0.717, 1.165) is 21.3 Å². The summed E-state index contributed by atoms with van der Waals surface area (Å²) in [5.41, 5.74) is 1.82. The first-order valence-electron chi connectivity index (χ1n) is 3.49. The Bertz CT molecular complexity index is 465. The van der Waals surface area contributed by atoms with E-state index in [4.69, 9.17) is 6.42 Å². The maximum Gasteiger partial charge on any atom is 0.0699 e. The molecule has 0 N–H and O–H groups in total. The van der Waals surface area contributed by atoms with E-state index in [0.29, 0.717) is 0 Å². The molecule has 0 radical (unpaired) electrons. The van der Waals surface area contributed by atoms with Crippen molar-refractivity contribution in [2.24, 2.45) is 0 Å². The van der Waals surface area contributed by atoms with E-state index in [1.807, 2.05) is 12.3 Å². The Labute approximate surface area is 74.3 Å². The van der Waals surface area contributed by atoms with Crippen molar-refractivity contribution in [3.05, 3.63) is 22.8 Å². The van der Waals surface area contributed by atoms with Crippen LogP contribution in [-0.2, 0) is 0 Å². The monoisotopic (exact) mass is 174 g/mol. The Hall–Kier alpha value is -1.40. The molecule has 2 aromatic rings. The van der Waals surface area contributed by atoms with Gasteiger partial charge in [-0.1, -0.05) is 5.92 Å². The molecule has 2 heterocycles. The zero-order valence-electron chi connectivity index (χ0n) is 6.53. The maximum absolute atomic E-state index is 5.34. The number of hydrogen-bond acceptors (Lipinski definition) is 3. The van der Waals surface area contributed by atoms with E-state index in [1.165, 1.54) is 0 Å². The second kappa shape index (κ2) is 2.58. The average Bonchev–Trinajstić information content (AvgIpc) is 2.49. The molecule has 2 aromatic heterocycles. The lowest BCUT2D eigenvalue weighted by Gasteiger charge is -1.92. The number of rotatable bonds is 0. The Morgan fingerprint density at radius 3 is 3.17 bits per heavy atom. The van der Waals surface area contributed by atoms with Gasteiger partial charge in [-0.2, -0.15) is 10.2 Å². The van der Waals surface area contributed by atoms with Gasteiger partial charge in [0.15, 0.2) is 0 Å². The molecule has 0 aliphatic carbocycles. The van der Waals surface area contributed by atoms with Crippen LogP contribution < -0.4 is 0 Å². The third kappa shape index (κ3) is 0.892. The standard InChI is InChI=1S/C9H6N2S/c1-3-7-5-12-8-4-10-11-6(2)9(7)8/h1,4-5H,2H3. The van der Waals surface area contributed by atoms with Gasteiger partial charge in [-0.25, -0.2) is 0 Å². The summed E-state index contributed by atoms with van der Waals surface area (Å²) in [6.07, 6.45) is 7.08. The smallest absolute Gasteiger partial charge is 0.0699 e. The normalized spacial score (nSPS) is 10.0. The Kier molecular flexibility index (Phi) is 1.56. The summed E-state index contributed by atoms with van der Waals surface area (Å²) in [5.74, 6) is 2.63. The maximum atomic E-state index is 5.34. The SMILES string of the molecule is C#Cc1csc2cnnc(C)c12. The van der Waals surface area contributed by atoms with E-state index in [-0.39, 0.29) is 0 Å². The minimum absolute atomic E-state index is 0.904. The minimum atomic E-state index is 0.904. The van der Waals surface area contributed by atoms with Crippen molar-refractivity contribution < 1.29 is 0 Å². The van der Waals surface area contributed by atoms with E-state index < -0.39 is 0 Å². The molecule has 0 spiro atoms. The van der Waals surface area contributed by atoms with Crippen molar-refractivity contribution in [3.63, 3.8) is 0 Å². The van der Waals surface area contributed by atoms with Gasteiger partial charge in [-0.15, -0.1) is 17.8 Å². The van der Waals surface area contributed by atoms with Crippen LogP contribution in [-0.4, -0.2) is 10.2 Å². The molecule has 0 aromatic carbocycles. The number of hydrogen-bond donors (Lipinski definition) is 0. The van der Waals surface area contributed by atoms with Crippen molar-refractivity contribution in [3.8, 4) is 12.3 Å². The van der Waals surface area contributed by atoms with Crippen molar-refractivity contribution in [2.45, 2.75) is 6.92 Å². The summed E-state index contributed by atoms with van der Waals surface area (Å²) in [4.78, 5) is 0. The van der Waals surface area contributed by atoms with Crippen LogP contribution in [0.3, 0.4) is 0 Å². The number of aromatic nitrogens is 2. The van der Waals surface area contributed by atoms with Crippen LogP contribution in [0.15, 0.2) is 11.6 Å². The third-order valence-corrected chi connectivity index (χ3v) is 2.64. The van der Waals surface area contributed by atoms with Crippen LogP contribution in [0.4, 0.5) is 0 Å². The largest absolute Gasteiger partial charge is 0.157 e. The van der Waals surface area contributed by atoms with Gasteiger partial charge in [-0.05, 0) is 6.92 Å². The molecular weight excluding hydrogens is 168 g/mol. The van der Waals surface area contributed by atoms with Crippen molar-refractivity contribution >= 4 is 21.4 Å². The minimum Gasteiger partial charge on any atom is -0.157 e. The number of fused-ring (bicyclic) bond motifs is 1. The van der Waals surface area contributed by atoms with Crippen molar-refractivity contribution in [2.75, 3.05) is 0 Å². The van der Waals surface area contributed by atoms with E-state index >= 15 is 0 Å². The first-order valence-corrected chi connectivity index (χ1v) is 4.37. The molecule has 0 saturated carbocycles. The molecule has 0 unspecified atom stereocenters. The molecule has 2 rings (SSSR count). The van der Waals surface area contributed by atoms with Gasteiger partial charge < -0.3 is 0 Å². The highest BCUT2D eigenvalue weighted by Gasteiger charge is 2.04.